The van der Waals surface area contributed by atoms with E-state index in [1.807, 2.05) is 0 Å². The van der Waals surface area contributed by atoms with E-state index in [-0.39, 0.29) is 18.7 Å². The second-order valence-corrected chi connectivity index (χ2v) is 7.42. The summed E-state index contributed by atoms with van der Waals surface area (Å²) in [4.78, 5) is 0. The Hall–Kier alpha value is -0.120. The van der Waals surface area contributed by atoms with Gasteiger partial charge in [-0.1, -0.05) is 71.6 Å². The molecule has 0 aliphatic heterocycles. The summed E-state index contributed by atoms with van der Waals surface area (Å²) >= 11 is 0. The minimum Gasteiger partial charge on any atom is -0.396 e. The quantitative estimate of drug-likeness (QED) is 0.371. The molecule has 2 atom stereocenters. The van der Waals surface area contributed by atoms with Crippen molar-refractivity contribution in [3.05, 3.63) is 0 Å². The monoisotopic (exact) mass is 314 g/mol. The molecule has 0 aliphatic carbocycles. The fourth-order valence-electron chi connectivity index (χ4n) is 3.00. The first-order chi connectivity index (χ1) is 10.6. The molecule has 0 amide bonds. The smallest absolute Gasteiger partial charge is 0.0431 e. The predicted molar refractivity (Wildman–Crippen MR) is 97.9 cm³/mol. The molecule has 0 saturated heterocycles. The third kappa shape index (κ3) is 16.3. The lowest BCUT2D eigenvalue weighted by molar-refractivity contribution is 0.276. The van der Waals surface area contributed by atoms with Gasteiger partial charge in [-0.2, -0.15) is 0 Å². The summed E-state index contributed by atoms with van der Waals surface area (Å²) in [5, 5.41) is 8.78. The summed E-state index contributed by atoms with van der Waals surface area (Å²) < 4.78 is 0. The highest BCUT2D eigenvalue weighted by Crippen LogP contribution is 2.14. The predicted octanol–water partition coefficient (Wildman–Crippen LogP) is 4.36. The fourth-order valence-corrected chi connectivity index (χ4v) is 3.00. The van der Waals surface area contributed by atoms with Crippen LogP contribution >= 0.6 is 0 Å². The van der Waals surface area contributed by atoms with E-state index in [9.17, 15) is 0 Å². The second-order valence-electron chi connectivity index (χ2n) is 7.42. The van der Waals surface area contributed by atoms with Crippen LogP contribution in [-0.2, 0) is 0 Å². The highest BCUT2D eigenvalue weighted by Gasteiger charge is 2.09. The van der Waals surface area contributed by atoms with E-state index in [2.05, 4.69) is 13.8 Å². The maximum atomic E-state index is 8.78. The van der Waals surface area contributed by atoms with Crippen LogP contribution in [-0.4, -0.2) is 23.8 Å². The molecule has 3 nitrogen and oxygen atoms in total. The lowest BCUT2D eigenvalue weighted by atomic mass is 9.98. The molecule has 0 aliphatic rings. The van der Waals surface area contributed by atoms with Crippen LogP contribution in [0.15, 0.2) is 0 Å². The molecule has 0 bridgehead atoms. The maximum absolute atomic E-state index is 8.78. The van der Waals surface area contributed by atoms with Gasteiger partial charge in [0.15, 0.2) is 0 Å². The van der Waals surface area contributed by atoms with Gasteiger partial charge in [0.1, 0.15) is 0 Å². The van der Waals surface area contributed by atoms with E-state index in [4.69, 9.17) is 16.6 Å². The highest BCUT2D eigenvalue weighted by molar-refractivity contribution is 4.70. The van der Waals surface area contributed by atoms with Crippen molar-refractivity contribution >= 4 is 0 Å². The van der Waals surface area contributed by atoms with Crippen LogP contribution in [0, 0.1) is 5.92 Å². The number of unbranched alkanes of at least 4 members (excludes halogenated alkanes) is 7. The van der Waals surface area contributed by atoms with Gasteiger partial charge in [-0.3, -0.25) is 0 Å². The largest absolute Gasteiger partial charge is 0.396 e. The van der Waals surface area contributed by atoms with Gasteiger partial charge < -0.3 is 16.6 Å². The summed E-state index contributed by atoms with van der Waals surface area (Å²) in [7, 11) is 0. The average molecular weight is 315 g/mol. The average Bonchev–Trinajstić information content (AvgIpc) is 2.46. The zero-order valence-electron chi connectivity index (χ0n) is 15.2. The van der Waals surface area contributed by atoms with Gasteiger partial charge in [-0.15, -0.1) is 0 Å². The normalized spacial score (nSPS) is 14.5. The zero-order chi connectivity index (χ0) is 16.6. The molecule has 3 heteroatoms. The van der Waals surface area contributed by atoms with Crippen LogP contribution in [0.1, 0.15) is 97.3 Å². The van der Waals surface area contributed by atoms with Crippen LogP contribution < -0.4 is 11.5 Å². The highest BCUT2D eigenvalue weighted by atomic mass is 16.2. The first-order valence-electron chi connectivity index (χ1n) is 9.68. The van der Waals surface area contributed by atoms with Gasteiger partial charge >= 0.3 is 0 Å². The van der Waals surface area contributed by atoms with Crippen molar-refractivity contribution < 1.29 is 5.11 Å². The lowest BCUT2D eigenvalue weighted by Crippen LogP contribution is -2.31. The van der Waals surface area contributed by atoms with Crippen molar-refractivity contribution in [1.82, 2.24) is 0 Å². The number of nitrogens with two attached hydrogens (primary N) is 2. The minimum absolute atomic E-state index is 0.160. The SMILES string of the molecule is CC(C)CCCCCCCCCCC(N)CC(N)CCCO. The molecule has 0 aromatic rings. The molecular formula is C19H42N2O. The molecule has 0 saturated carbocycles. The summed E-state index contributed by atoms with van der Waals surface area (Å²) in [5.41, 5.74) is 12.1. The first-order valence-corrected chi connectivity index (χ1v) is 9.68. The number of hydrogen-bond donors (Lipinski definition) is 3. The van der Waals surface area contributed by atoms with E-state index in [1.165, 1.54) is 57.8 Å². The van der Waals surface area contributed by atoms with Gasteiger partial charge in [0.25, 0.3) is 0 Å². The van der Waals surface area contributed by atoms with Gasteiger partial charge in [0.05, 0.1) is 0 Å². The molecule has 5 N–H and O–H groups in total. The molecule has 0 aromatic carbocycles. The van der Waals surface area contributed by atoms with E-state index >= 15 is 0 Å². The third-order valence-corrected chi connectivity index (χ3v) is 4.44. The van der Waals surface area contributed by atoms with Crippen molar-refractivity contribution in [2.24, 2.45) is 17.4 Å². The lowest BCUT2D eigenvalue weighted by Gasteiger charge is -2.16. The van der Waals surface area contributed by atoms with E-state index in [0.717, 1.165) is 31.6 Å². The topological polar surface area (TPSA) is 72.3 Å². The number of hydrogen-bond acceptors (Lipinski definition) is 3. The molecular weight excluding hydrogens is 272 g/mol. The summed E-state index contributed by atoms with van der Waals surface area (Å²) in [6.07, 6.45) is 16.0. The second kappa shape index (κ2) is 15.8. The van der Waals surface area contributed by atoms with Gasteiger partial charge in [-0.25, -0.2) is 0 Å². The number of aliphatic hydroxyl groups is 1. The van der Waals surface area contributed by atoms with Crippen LogP contribution in [0.5, 0.6) is 0 Å². The van der Waals surface area contributed by atoms with Crippen molar-refractivity contribution in [3.8, 4) is 0 Å². The molecule has 22 heavy (non-hydrogen) atoms. The Kier molecular flexibility index (Phi) is 15.7. The molecule has 0 fully saturated rings. The Morgan fingerprint density at radius 3 is 1.50 bits per heavy atom. The van der Waals surface area contributed by atoms with E-state index < -0.39 is 0 Å². The molecule has 0 aromatic heterocycles. The minimum atomic E-state index is 0.160. The van der Waals surface area contributed by atoms with E-state index in [0.29, 0.717) is 0 Å². The molecule has 0 heterocycles. The standard InChI is InChI=1S/C19H42N2O/c1-17(2)12-9-7-5-3-4-6-8-10-13-18(20)16-19(21)14-11-15-22/h17-19,22H,3-16,20-21H2,1-2H3. The van der Waals surface area contributed by atoms with Gasteiger partial charge in [-0.05, 0) is 31.6 Å². The van der Waals surface area contributed by atoms with E-state index in [1.54, 1.807) is 0 Å². The Balaban J connectivity index is 3.24. The van der Waals surface area contributed by atoms with Gasteiger partial charge in [0.2, 0.25) is 0 Å². The Bertz CT molecular complexity index is 221. The summed E-state index contributed by atoms with van der Waals surface area (Å²) in [5.74, 6) is 0.862. The summed E-state index contributed by atoms with van der Waals surface area (Å²) in [6, 6.07) is 0.401. The number of rotatable bonds is 16. The van der Waals surface area contributed by atoms with Crippen molar-refractivity contribution in [3.63, 3.8) is 0 Å². The van der Waals surface area contributed by atoms with Crippen molar-refractivity contribution in [1.29, 1.82) is 0 Å². The Morgan fingerprint density at radius 1 is 0.636 bits per heavy atom. The molecule has 2 unspecified atom stereocenters. The first kappa shape index (κ1) is 21.9. The molecule has 0 rings (SSSR count). The zero-order valence-corrected chi connectivity index (χ0v) is 15.2. The summed E-state index contributed by atoms with van der Waals surface area (Å²) in [6.45, 7) is 4.86. The van der Waals surface area contributed by atoms with Crippen LogP contribution in [0.25, 0.3) is 0 Å². The Labute approximate surface area is 139 Å². The molecule has 0 spiro atoms. The maximum Gasteiger partial charge on any atom is 0.0431 e. The van der Waals surface area contributed by atoms with Crippen LogP contribution in [0.4, 0.5) is 0 Å². The number of aliphatic hydroxyl groups excluding tert-OH is 1. The van der Waals surface area contributed by atoms with Crippen LogP contribution in [0.3, 0.4) is 0 Å². The fraction of sp³-hybridized carbons (Fsp3) is 1.00. The van der Waals surface area contributed by atoms with Crippen molar-refractivity contribution in [2.45, 2.75) is 109 Å². The van der Waals surface area contributed by atoms with Crippen LogP contribution in [0.2, 0.25) is 0 Å². The Morgan fingerprint density at radius 2 is 1.05 bits per heavy atom. The van der Waals surface area contributed by atoms with Crippen molar-refractivity contribution in [2.75, 3.05) is 6.61 Å². The molecule has 0 radical (unpaired) electrons. The molecule has 134 valence electrons. The third-order valence-electron chi connectivity index (χ3n) is 4.44. The van der Waals surface area contributed by atoms with Gasteiger partial charge in [0, 0.05) is 18.7 Å².